The summed E-state index contributed by atoms with van der Waals surface area (Å²) in [5.74, 6) is -2.34. The molecule has 2 saturated heterocycles. The Kier molecular flexibility index (Phi) is 11.0. The number of piperidine rings is 1. The second-order valence-electron chi connectivity index (χ2n) is 13.1. The van der Waals surface area contributed by atoms with Gasteiger partial charge in [0.2, 0.25) is 11.9 Å². The molecule has 2 unspecified atom stereocenters. The topological polar surface area (TPSA) is 87.7 Å². The lowest BCUT2D eigenvalue weighted by Gasteiger charge is -2.35. The van der Waals surface area contributed by atoms with E-state index in [1.807, 2.05) is 6.07 Å². The first-order valence-electron chi connectivity index (χ1n) is 15.3. The van der Waals surface area contributed by atoms with Gasteiger partial charge in [-0.3, -0.25) is 4.79 Å². The maximum absolute atomic E-state index is 15.2. The van der Waals surface area contributed by atoms with Gasteiger partial charge in [0.25, 0.3) is 5.92 Å². The fourth-order valence-corrected chi connectivity index (χ4v) is 6.02. The lowest BCUT2D eigenvalue weighted by atomic mass is 9.82. The van der Waals surface area contributed by atoms with Crippen molar-refractivity contribution in [3.63, 3.8) is 0 Å². The minimum Gasteiger partial charge on any atom is -0.444 e. The molecule has 44 heavy (non-hydrogen) atoms. The van der Waals surface area contributed by atoms with E-state index in [1.54, 1.807) is 39.2 Å². The number of carbonyl (C=O) groups excluding carboxylic acids is 2. The van der Waals surface area contributed by atoms with Gasteiger partial charge in [-0.25, -0.2) is 27.9 Å². The summed E-state index contributed by atoms with van der Waals surface area (Å²) < 4.78 is 48.1. The van der Waals surface area contributed by atoms with Gasteiger partial charge >= 0.3 is 6.09 Å². The number of hydrogen-bond donors (Lipinski definition) is 1. The number of anilines is 1. The summed E-state index contributed by atoms with van der Waals surface area (Å²) in [4.78, 5) is 37.5. The number of hydrogen-bond acceptors (Lipinski definition) is 6. The first kappa shape index (κ1) is 33.8. The third-order valence-electron chi connectivity index (χ3n) is 8.37. The molecule has 2 fully saturated rings. The average Bonchev–Trinajstić information content (AvgIpc) is 3.32. The van der Waals surface area contributed by atoms with Crippen LogP contribution in [0.5, 0.6) is 0 Å². The quantitative estimate of drug-likeness (QED) is 0.322. The Bertz CT molecular complexity index is 1280. The maximum atomic E-state index is 15.2. The smallest absolute Gasteiger partial charge is 0.408 e. The number of aryl methyl sites for hydroxylation is 1. The molecule has 1 N–H and O–H groups in total. The van der Waals surface area contributed by atoms with Crippen LogP contribution in [0.3, 0.4) is 0 Å². The molecule has 0 radical (unpaired) electrons. The molecule has 2 aliphatic rings. The van der Waals surface area contributed by atoms with Gasteiger partial charge in [-0.2, -0.15) is 0 Å². The van der Waals surface area contributed by atoms with Gasteiger partial charge in [0, 0.05) is 32.5 Å². The van der Waals surface area contributed by atoms with Crippen LogP contribution in [0.15, 0.2) is 30.6 Å². The Labute approximate surface area is 262 Å². The van der Waals surface area contributed by atoms with Crippen molar-refractivity contribution in [3.8, 4) is 0 Å². The van der Waals surface area contributed by atoms with Crippen molar-refractivity contribution in [2.24, 2.45) is 11.8 Å². The molecule has 2 amide bonds. The highest BCUT2D eigenvalue weighted by Crippen LogP contribution is 2.30. The first-order chi connectivity index (χ1) is 20.7. The van der Waals surface area contributed by atoms with E-state index in [0.717, 1.165) is 49.2 Å². The monoisotopic (exact) mass is 637 g/mol. The molecule has 2 aliphatic heterocycles. The molecule has 8 nitrogen and oxygen atoms in total. The molecule has 1 aromatic heterocycles. The number of halogens is 4. The summed E-state index contributed by atoms with van der Waals surface area (Å²) in [5, 5.41) is 3.00. The highest BCUT2D eigenvalue weighted by Gasteiger charge is 2.42. The summed E-state index contributed by atoms with van der Waals surface area (Å²) in [6.45, 7) is 8.22. The predicted molar refractivity (Wildman–Crippen MR) is 163 cm³/mol. The van der Waals surface area contributed by atoms with Crippen molar-refractivity contribution in [2.45, 2.75) is 90.2 Å². The number of benzene rings is 1. The van der Waals surface area contributed by atoms with Crippen LogP contribution in [0, 0.1) is 17.7 Å². The van der Waals surface area contributed by atoms with Gasteiger partial charge in [-0.05, 0) is 75.5 Å². The zero-order valence-electron chi connectivity index (χ0n) is 25.9. The summed E-state index contributed by atoms with van der Waals surface area (Å²) in [5.41, 5.74) is 0.237. The Morgan fingerprint density at radius 1 is 1.16 bits per heavy atom. The maximum Gasteiger partial charge on any atom is 0.408 e. The third kappa shape index (κ3) is 9.71. The second kappa shape index (κ2) is 14.3. The van der Waals surface area contributed by atoms with E-state index in [4.69, 9.17) is 16.3 Å². The molecule has 1 aromatic carbocycles. The van der Waals surface area contributed by atoms with Crippen molar-refractivity contribution in [1.82, 2.24) is 20.2 Å². The molecule has 0 bridgehead atoms. The molecule has 12 heteroatoms. The average molecular weight is 638 g/mol. The standard InChI is InChI=1S/C32H43ClF3N5O3/c1-21(23-10-13-40(14-11-23)29-37-18-25(33)19-38-29)6-5-7-22-8-9-24(26(34)16-22)17-27(39-30(43)44-31(2,3)4)28(42)41-15-12-32(35,36)20-41/h8-9,16,18-19,21,23,27H,5-7,10-15,17,20H2,1-4H3,(H,39,43). The molecule has 0 spiro atoms. The van der Waals surface area contributed by atoms with Crippen LogP contribution >= 0.6 is 11.6 Å². The van der Waals surface area contributed by atoms with E-state index in [0.29, 0.717) is 29.2 Å². The zero-order valence-corrected chi connectivity index (χ0v) is 26.7. The second-order valence-corrected chi connectivity index (χ2v) is 13.5. The van der Waals surface area contributed by atoms with Gasteiger partial charge in [0.05, 0.1) is 24.0 Å². The Morgan fingerprint density at radius 2 is 1.84 bits per heavy atom. The zero-order chi connectivity index (χ0) is 32.1. The number of carbonyl (C=O) groups is 2. The molecular formula is C32H43ClF3N5O3. The highest BCUT2D eigenvalue weighted by atomic mass is 35.5. The molecule has 0 aliphatic carbocycles. The molecule has 4 rings (SSSR count). The van der Waals surface area contributed by atoms with Crippen molar-refractivity contribution in [2.75, 3.05) is 31.1 Å². The molecular weight excluding hydrogens is 595 g/mol. The third-order valence-corrected chi connectivity index (χ3v) is 8.57. The number of nitrogens with one attached hydrogen (secondary N) is 1. The van der Waals surface area contributed by atoms with E-state index >= 15 is 4.39 Å². The highest BCUT2D eigenvalue weighted by molar-refractivity contribution is 6.30. The number of nitrogens with zero attached hydrogens (tertiary/aromatic N) is 4. The number of rotatable bonds is 10. The van der Waals surface area contributed by atoms with Crippen molar-refractivity contribution in [1.29, 1.82) is 0 Å². The molecule has 2 aromatic rings. The van der Waals surface area contributed by atoms with Gasteiger partial charge in [0.15, 0.2) is 0 Å². The van der Waals surface area contributed by atoms with E-state index in [1.165, 1.54) is 6.07 Å². The lowest BCUT2D eigenvalue weighted by Crippen LogP contribution is -2.50. The Morgan fingerprint density at radius 3 is 2.43 bits per heavy atom. The fraction of sp³-hybridized carbons (Fsp3) is 0.625. The van der Waals surface area contributed by atoms with Crippen LogP contribution in [0.2, 0.25) is 5.02 Å². The van der Waals surface area contributed by atoms with E-state index in [2.05, 4.69) is 27.1 Å². The van der Waals surface area contributed by atoms with Crippen LogP contribution in [0.25, 0.3) is 0 Å². The van der Waals surface area contributed by atoms with Crippen LogP contribution in [-0.2, 0) is 22.4 Å². The fourth-order valence-electron chi connectivity index (χ4n) is 5.93. The minimum absolute atomic E-state index is 0.131. The summed E-state index contributed by atoms with van der Waals surface area (Å²) >= 11 is 5.90. The minimum atomic E-state index is -2.99. The Balaban J connectivity index is 1.29. The van der Waals surface area contributed by atoms with Crippen molar-refractivity contribution < 1.29 is 27.5 Å². The predicted octanol–water partition coefficient (Wildman–Crippen LogP) is 6.45. The van der Waals surface area contributed by atoms with Gasteiger partial charge in [-0.15, -0.1) is 0 Å². The van der Waals surface area contributed by atoms with Crippen LogP contribution in [0.1, 0.15) is 70.9 Å². The van der Waals surface area contributed by atoms with Gasteiger partial charge in [-0.1, -0.05) is 37.1 Å². The number of likely N-dealkylation sites (tertiary alicyclic amines) is 1. The van der Waals surface area contributed by atoms with Crippen LogP contribution in [0.4, 0.5) is 23.9 Å². The molecule has 0 saturated carbocycles. The number of ether oxygens (including phenoxy) is 1. The summed E-state index contributed by atoms with van der Waals surface area (Å²) in [6, 6.07) is 3.66. The van der Waals surface area contributed by atoms with Gasteiger partial charge in [0.1, 0.15) is 17.5 Å². The molecule has 2 atom stereocenters. The first-order valence-corrected chi connectivity index (χ1v) is 15.7. The number of aromatic nitrogens is 2. The van der Waals surface area contributed by atoms with E-state index in [-0.39, 0.29) is 18.5 Å². The molecule has 242 valence electrons. The van der Waals surface area contributed by atoms with Crippen LogP contribution in [-0.4, -0.2) is 70.6 Å². The van der Waals surface area contributed by atoms with Gasteiger partial charge < -0.3 is 19.9 Å². The number of alkyl halides is 2. The normalized spacial score (nSPS) is 18.6. The number of alkyl carbamates (subject to hydrolysis) is 1. The van der Waals surface area contributed by atoms with E-state index in [9.17, 15) is 18.4 Å². The summed E-state index contributed by atoms with van der Waals surface area (Å²) in [7, 11) is 0. The largest absolute Gasteiger partial charge is 0.444 e. The lowest BCUT2D eigenvalue weighted by molar-refractivity contribution is -0.133. The van der Waals surface area contributed by atoms with E-state index < -0.39 is 48.3 Å². The summed E-state index contributed by atoms with van der Waals surface area (Å²) in [6.07, 6.45) is 6.49. The molecule has 3 heterocycles. The van der Waals surface area contributed by atoms with Crippen molar-refractivity contribution in [3.05, 3.63) is 52.6 Å². The number of amides is 2. The Hall–Kier alpha value is -3.08. The SMILES string of the molecule is CC(CCCc1ccc(CC(NC(=O)OC(C)(C)C)C(=O)N2CCC(F)(F)C2)c(F)c1)C1CCN(c2ncc(Cl)cn2)CC1. The van der Waals surface area contributed by atoms with Crippen LogP contribution < -0.4 is 10.2 Å². The van der Waals surface area contributed by atoms with Crippen molar-refractivity contribution >= 4 is 29.5 Å².